The van der Waals surface area contributed by atoms with Crippen molar-refractivity contribution in [2.24, 2.45) is 5.92 Å². The standard InChI is InChI=1S/C13H24O6/c1-8(2)6-7-13(17,10(14)11(15)18-5)12(16)19-9(3)4/h8-10,14,17H,6-7H2,1-5H3. The highest BCUT2D eigenvalue weighted by Crippen LogP contribution is 2.24. The first-order chi connectivity index (χ1) is 8.65. The third-order valence-corrected chi connectivity index (χ3v) is 2.68. The van der Waals surface area contributed by atoms with Gasteiger partial charge in [-0.25, -0.2) is 9.59 Å². The lowest BCUT2D eigenvalue weighted by Gasteiger charge is -2.30. The van der Waals surface area contributed by atoms with E-state index in [4.69, 9.17) is 4.74 Å². The Hall–Kier alpha value is -1.14. The van der Waals surface area contributed by atoms with Crippen molar-refractivity contribution >= 4 is 11.9 Å². The number of hydrogen-bond donors (Lipinski definition) is 2. The molecule has 0 aliphatic heterocycles. The van der Waals surface area contributed by atoms with Crippen LogP contribution in [0.15, 0.2) is 0 Å². The van der Waals surface area contributed by atoms with Gasteiger partial charge in [0.2, 0.25) is 0 Å². The van der Waals surface area contributed by atoms with Crippen LogP contribution in [0.5, 0.6) is 0 Å². The number of esters is 2. The van der Waals surface area contributed by atoms with Crippen LogP contribution in [-0.2, 0) is 19.1 Å². The number of aliphatic hydroxyl groups excluding tert-OH is 1. The van der Waals surface area contributed by atoms with E-state index >= 15 is 0 Å². The van der Waals surface area contributed by atoms with Crippen LogP contribution in [0.2, 0.25) is 0 Å². The Labute approximate surface area is 113 Å². The molecular formula is C13H24O6. The Balaban J connectivity index is 5.10. The van der Waals surface area contributed by atoms with Crippen LogP contribution in [0.4, 0.5) is 0 Å². The maximum Gasteiger partial charge on any atom is 0.341 e. The van der Waals surface area contributed by atoms with Gasteiger partial charge in [0.1, 0.15) is 0 Å². The highest BCUT2D eigenvalue weighted by atomic mass is 16.6. The summed E-state index contributed by atoms with van der Waals surface area (Å²) in [6.07, 6.45) is -2.03. The second kappa shape index (κ2) is 7.45. The van der Waals surface area contributed by atoms with Crippen LogP contribution in [0, 0.1) is 5.92 Å². The topological polar surface area (TPSA) is 93.1 Å². The minimum atomic E-state index is -2.28. The summed E-state index contributed by atoms with van der Waals surface area (Å²) in [6, 6.07) is 0. The van der Waals surface area contributed by atoms with Crippen molar-refractivity contribution in [3.05, 3.63) is 0 Å². The first-order valence-corrected chi connectivity index (χ1v) is 6.34. The Morgan fingerprint density at radius 1 is 1.21 bits per heavy atom. The van der Waals surface area contributed by atoms with Gasteiger partial charge in [-0.2, -0.15) is 0 Å². The van der Waals surface area contributed by atoms with Crippen molar-refractivity contribution in [2.45, 2.75) is 58.3 Å². The summed E-state index contributed by atoms with van der Waals surface area (Å²) in [5, 5.41) is 20.1. The SMILES string of the molecule is COC(=O)C(O)C(O)(CCC(C)C)C(=O)OC(C)C. The monoisotopic (exact) mass is 276 g/mol. The second-order valence-corrected chi connectivity index (χ2v) is 5.24. The molecule has 2 atom stereocenters. The van der Waals surface area contributed by atoms with E-state index in [1.54, 1.807) is 13.8 Å². The van der Waals surface area contributed by atoms with Crippen molar-refractivity contribution < 1.29 is 29.3 Å². The van der Waals surface area contributed by atoms with Crippen molar-refractivity contribution in [1.29, 1.82) is 0 Å². The van der Waals surface area contributed by atoms with Crippen molar-refractivity contribution in [1.82, 2.24) is 0 Å². The molecule has 0 heterocycles. The highest BCUT2D eigenvalue weighted by molar-refractivity contribution is 5.89. The summed E-state index contributed by atoms with van der Waals surface area (Å²) in [5.41, 5.74) is -2.28. The molecule has 2 unspecified atom stereocenters. The Morgan fingerprint density at radius 3 is 2.11 bits per heavy atom. The fraction of sp³-hybridized carbons (Fsp3) is 0.846. The summed E-state index contributed by atoms with van der Waals surface area (Å²) in [5.74, 6) is -1.88. The number of carbonyl (C=O) groups is 2. The van der Waals surface area contributed by atoms with Crippen LogP contribution >= 0.6 is 0 Å². The van der Waals surface area contributed by atoms with E-state index in [0.717, 1.165) is 7.11 Å². The highest BCUT2D eigenvalue weighted by Gasteiger charge is 2.49. The van der Waals surface area contributed by atoms with Gasteiger partial charge in [-0.3, -0.25) is 0 Å². The van der Waals surface area contributed by atoms with Crippen molar-refractivity contribution in [3.8, 4) is 0 Å². The van der Waals surface area contributed by atoms with Crippen LogP contribution < -0.4 is 0 Å². The summed E-state index contributed by atoms with van der Waals surface area (Å²) in [7, 11) is 1.07. The number of aliphatic hydroxyl groups is 2. The number of methoxy groups -OCH3 is 1. The number of hydrogen-bond acceptors (Lipinski definition) is 6. The lowest BCUT2D eigenvalue weighted by Crippen LogP contribution is -2.55. The third-order valence-electron chi connectivity index (χ3n) is 2.68. The molecular weight excluding hydrogens is 252 g/mol. The lowest BCUT2D eigenvalue weighted by molar-refractivity contribution is -0.193. The molecule has 0 aliphatic carbocycles. The molecule has 0 fully saturated rings. The molecule has 6 nitrogen and oxygen atoms in total. The summed E-state index contributed by atoms with van der Waals surface area (Å²) < 4.78 is 9.27. The molecule has 0 saturated carbocycles. The minimum absolute atomic E-state index is 0.0769. The molecule has 0 aromatic rings. The molecule has 0 aromatic carbocycles. The number of ether oxygens (including phenoxy) is 2. The fourth-order valence-corrected chi connectivity index (χ4v) is 1.48. The quantitative estimate of drug-likeness (QED) is 0.663. The fourth-order valence-electron chi connectivity index (χ4n) is 1.48. The molecule has 6 heteroatoms. The number of carbonyl (C=O) groups excluding carboxylic acids is 2. The predicted molar refractivity (Wildman–Crippen MR) is 68.3 cm³/mol. The Morgan fingerprint density at radius 2 is 1.74 bits per heavy atom. The lowest BCUT2D eigenvalue weighted by atomic mass is 9.88. The molecule has 0 bridgehead atoms. The number of rotatable bonds is 7. The largest absolute Gasteiger partial charge is 0.467 e. The molecule has 0 spiro atoms. The van der Waals surface area contributed by atoms with E-state index < -0.39 is 29.7 Å². The molecule has 2 N–H and O–H groups in total. The zero-order chi connectivity index (χ0) is 15.2. The van der Waals surface area contributed by atoms with Gasteiger partial charge in [0.05, 0.1) is 13.2 Å². The van der Waals surface area contributed by atoms with Gasteiger partial charge >= 0.3 is 11.9 Å². The average Bonchev–Trinajstić information content (AvgIpc) is 2.32. The van der Waals surface area contributed by atoms with Crippen LogP contribution in [0.1, 0.15) is 40.5 Å². The zero-order valence-corrected chi connectivity index (χ0v) is 12.2. The summed E-state index contributed by atoms with van der Waals surface area (Å²) >= 11 is 0. The van der Waals surface area contributed by atoms with Crippen LogP contribution in [0.25, 0.3) is 0 Å². The Kier molecular flexibility index (Phi) is 7.00. The molecule has 0 aliphatic rings. The smallest absolute Gasteiger partial charge is 0.341 e. The maximum absolute atomic E-state index is 11.9. The molecule has 19 heavy (non-hydrogen) atoms. The van der Waals surface area contributed by atoms with Gasteiger partial charge in [-0.15, -0.1) is 0 Å². The van der Waals surface area contributed by atoms with Crippen LogP contribution in [-0.4, -0.2) is 47.1 Å². The van der Waals surface area contributed by atoms with E-state index in [0.29, 0.717) is 6.42 Å². The summed E-state index contributed by atoms with van der Waals surface area (Å²) in [4.78, 5) is 23.3. The molecule has 0 radical (unpaired) electrons. The van der Waals surface area contributed by atoms with E-state index in [-0.39, 0.29) is 12.3 Å². The summed E-state index contributed by atoms with van der Waals surface area (Å²) in [6.45, 7) is 7.04. The zero-order valence-electron chi connectivity index (χ0n) is 12.2. The van der Waals surface area contributed by atoms with Gasteiger partial charge in [0, 0.05) is 0 Å². The molecule has 0 amide bonds. The normalized spacial score (nSPS) is 16.1. The first kappa shape index (κ1) is 17.9. The van der Waals surface area contributed by atoms with Gasteiger partial charge in [-0.05, 0) is 32.6 Å². The van der Waals surface area contributed by atoms with Gasteiger partial charge < -0.3 is 19.7 Å². The minimum Gasteiger partial charge on any atom is -0.467 e. The first-order valence-electron chi connectivity index (χ1n) is 6.34. The van der Waals surface area contributed by atoms with E-state index in [1.807, 2.05) is 13.8 Å². The van der Waals surface area contributed by atoms with Gasteiger partial charge in [0.25, 0.3) is 0 Å². The Bertz CT molecular complexity index is 312. The van der Waals surface area contributed by atoms with Crippen LogP contribution in [0.3, 0.4) is 0 Å². The van der Waals surface area contributed by atoms with E-state index in [9.17, 15) is 19.8 Å². The second-order valence-electron chi connectivity index (χ2n) is 5.24. The molecule has 112 valence electrons. The predicted octanol–water partition coefficient (Wildman–Crippen LogP) is 0.639. The average molecular weight is 276 g/mol. The van der Waals surface area contributed by atoms with Crippen molar-refractivity contribution in [2.75, 3.05) is 7.11 Å². The third kappa shape index (κ3) is 5.16. The maximum atomic E-state index is 11.9. The molecule has 0 rings (SSSR count). The van der Waals surface area contributed by atoms with Crippen molar-refractivity contribution in [3.63, 3.8) is 0 Å². The van der Waals surface area contributed by atoms with Gasteiger partial charge in [-0.1, -0.05) is 13.8 Å². The molecule has 0 aromatic heterocycles. The van der Waals surface area contributed by atoms with E-state index in [2.05, 4.69) is 4.74 Å². The van der Waals surface area contributed by atoms with E-state index in [1.165, 1.54) is 0 Å². The van der Waals surface area contributed by atoms with Gasteiger partial charge in [0.15, 0.2) is 11.7 Å². The molecule has 0 saturated heterocycles.